The van der Waals surface area contributed by atoms with Crippen molar-refractivity contribution in [3.63, 3.8) is 0 Å². The Morgan fingerprint density at radius 2 is 1.63 bits per heavy atom. The van der Waals surface area contributed by atoms with E-state index in [9.17, 15) is 13.2 Å². The topological polar surface area (TPSA) is 84.5 Å². The predicted molar refractivity (Wildman–Crippen MR) is 119 cm³/mol. The van der Waals surface area contributed by atoms with Crippen LogP contribution < -0.4 is 14.8 Å². The number of benzene rings is 3. The van der Waals surface area contributed by atoms with E-state index in [2.05, 4.69) is 10.0 Å². The number of ether oxygens (including phenoxy) is 1. The number of hydrogen-bond acceptors (Lipinski definition) is 4. The lowest BCUT2D eigenvalue weighted by Gasteiger charge is -2.09. The summed E-state index contributed by atoms with van der Waals surface area (Å²) in [5.41, 5.74) is 2.81. The Bertz CT molecular complexity index is 1160. The quantitative estimate of drug-likeness (QED) is 0.551. The highest BCUT2D eigenvalue weighted by atomic mass is 32.2. The second-order valence-electron chi connectivity index (χ2n) is 6.56. The molecular formula is C23H22N2O4S. The molecule has 7 heteroatoms. The van der Waals surface area contributed by atoms with Gasteiger partial charge in [0.25, 0.3) is 10.0 Å². The van der Waals surface area contributed by atoms with Crippen LogP contribution in [0, 0.1) is 6.92 Å². The summed E-state index contributed by atoms with van der Waals surface area (Å²) in [4.78, 5) is 12.3. The molecule has 0 fully saturated rings. The summed E-state index contributed by atoms with van der Waals surface area (Å²) in [6, 6.07) is 20.3. The van der Waals surface area contributed by atoms with Gasteiger partial charge in [-0.1, -0.05) is 29.8 Å². The second kappa shape index (κ2) is 9.28. The average molecular weight is 423 g/mol. The maximum atomic E-state index is 12.5. The molecule has 2 N–H and O–H groups in total. The van der Waals surface area contributed by atoms with Crippen LogP contribution in [0.1, 0.15) is 11.1 Å². The molecule has 0 atom stereocenters. The molecule has 3 aromatic rings. The first-order chi connectivity index (χ1) is 14.4. The van der Waals surface area contributed by atoms with E-state index >= 15 is 0 Å². The highest BCUT2D eigenvalue weighted by Gasteiger charge is 2.14. The van der Waals surface area contributed by atoms with E-state index in [1.54, 1.807) is 55.7 Å². The molecule has 3 aromatic carbocycles. The molecule has 3 rings (SSSR count). The van der Waals surface area contributed by atoms with E-state index in [-0.39, 0.29) is 10.8 Å². The van der Waals surface area contributed by atoms with Crippen molar-refractivity contribution in [1.82, 2.24) is 0 Å². The predicted octanol–water partition coefficient (Wildman–Crippen LogP) is 4.46. The van der Waals surface area contributed by atoms with Crippen LogP contribution in [-0.4, -0.2) is 21.4 Å². The maximum Gasteiger partial charge on any atom is 0.261 e. The Morgan fingerprint density at radius 3 is 2.30 bits per heavy atom. The Hall–Kier alpha value is -3.58. The van der Waals surface area contributed by atoms with Crippen LogP contribution in [0.25, 0.3) is 6.08 Å². The van der Waals surface area contributed by atoms with Gasteiger partial charge in [-0.05, 0) is 61.5 Å². The molecule has 0 aliphatic heterocycles. The zero-order valence-corrected chi connectivity index (χ0v) is 17.4. The van der Waals surface area contributed by atoms with Crippen LogP contribution >= 0.6 is 0 Å². The van der Waals surface area contributed by atoms with Gasteiger partial charge in [0.15, 0.2) is 0 Å². The highest BCUT2D eigenvalue weighted by molar-refractivity contribution is 7.92. The van der Waals surface area contributed by atoms with Gasteiger partial charge >= 0.3 is 0 Å². The van der Waals surface area contributed by atoms with Crippen molar-refractivity contribution >= 4 is 33.4 Å². The van der Waals surface area contributed by atoms with Gasteiger partial charge in [0.2, 0.25) is 5.91 Å². The average Bonchev–Trinajstić information content (AvgIpc) is 2.73. The third-order valence-corrected chi connectivity index (χ3v) is 5.65. The minimum atomic E-state index is -3.71. The standard InChI is InChI=1S/C23H22N2O4S/c1-17-8-14-22(29-2)18(16-17)9-15-23(26)24-19-10-12-21(13-11-19)30(27,28)25-20-6-4-3-5-7-20/h3-16,25H,1-2H3,(H,24,26)/b15-9+. The SMILES string of the molecule is COc1ccc(C)cc1/C=C/C(=O)Nc1ccc(S(=O)(=O)Nc2ccccc2)cc1. The summed E-state index contributed by atoms with van der Waals surface area (Å²) in [5.74, 6) is 0.335. The molecule has 0 heterocycles. The minimum absolute atomic E-state index is 0.101. The molecule has 0 bridgehead atoms. The summed E-state index contributed by atoms with van der Waals surface area (Å²) < 4.78 is 32.7. The molecule has 0 unspecified atom stereocenters. The molecule has 1 amide bonds. The van der Waals surface area contributed by atoms with Gasteiger partial charge in [0.05, 0.1) is 12.0 Å². The summed E-state index contributed by atoms with van der Waals surface area (Å²) in [6.07, 6.45) is 3.07. The summed E-state index contributed by atoms with van der Waals surface area (Å²) >= 11 is 0. The zero-order chi connectivity index (χ0) is 21.6. The van der Waals surface area contributed by atoms with E-state index in [0.29, 0.717) is 17.1 Å². The zero-order valence-electron chi connectivity index (χ0n) is 16.6. The Labute approximate surface area is 176 Å². The van der Waals surface area contributed by atoms with Crippen molar-refractivity contribution < 1.29 is 17.9 Å². The number of sulfonamides is 1. The number of carbonyl (C=O) groups excluding carboxylic acids is 1. The number of carbonyl (C=O) groups is 1. The fourth-order valence-electron chi connectivity index (χ4n) is 2.77. The number of amides is 1. The van der Waals surface area contributed by atoms with Gasteiger partial charge in [-0.25, -0.2) is 8.42 Å². The smallest absolute Gasteiger partial charge is 0.261 e. The Balaban J connectivity index is 1.67. The number of para-hydroxylation sites is 1. The van der Waals surface area contributed by atoms with Crippen molar-refractivity contribution in [2.45, 2.75) is 11.8 Å². The number of nitrogens with one attached hydrogen (secondary N) is 2. The van der Waals surface area contributed by atoms with Gasteiger partial charge in [-0.2, -0.15) is 0 Å². The first kappa shape index (κ1) is 21.1. The van der Waals surface area contributed by atoms with Gasteiger partial charge in [-0.3, -0.25) is 9.52 Å². The monoisotopic (exact) mass is 422 g/mol. The number of methoxy groups -OCH3 is 1. The van der Waals surface area contributed by atoms with Crippen LogP contribution in [0.3, 0.4) is 0 Å². The van der Waals surface area contributed by atoms with Crippen LogP contribution in [0.15, 0.2) is 83.8 Å². The van der Waals surface area contributed by atoms with Crippen molar-refractivity contribution in [1.29, 1.82) is 0 Å². The minimum Gasteiger partial charge on any atom is -0.496 e. The number of rotatable bonds is 7. The first-order valence-corrected chi connectivity index (χ1v) is 10.7. The van der Waals surface area contributed by atoms with Crippen LogP contribution in [-0.2, 0) is 14.8 Å². The fourth-order valence-corrected chi connectivity index (χ4v) is 3.83. The normalized spacial score (nSPS) is 11.3. The molecule has 0 aromatic heterocycles. The van der Waals surface area contributed by atoms with E-state index in [4.69, 9.17) is 4.74 Å². The maximum absolute atomic E-state index is 12.5. The molecule has 0 spiro atoms. The highest BCUT2D eigenvalue weighted by Crippen LogP contribution is 2.21. The number of anilines is 2. The van der Waals surface area contributed by atoms with E-state index in [0.717, 1.165) is 11.1 Å². The van der Waals surface area contributed by atoms with Crippen molar-refractivity contribution in [3.05, 3.63) is 90.0 Å². The molecule has 154 valence electrons. The molecule has 0 saturated heterocycles. The number of hydrogen-bond donors (Lipinski definition) is 2. The van der Waals surface area contributed by atoms with Crippen LogP contribution in [0.5, 0.6) is 5.75 Å². The lowest BCUT2D eigenvalue weighted by atomic mass is 10.1. The van der Waals surface area contributed by atoms with Crippen molar-refractivity contribution in [2.24, 2.45) is 0 Å². The number of aryl methyl sites for hydroxylation is 1. The second-order valence-corrected chi connectivity index (χ2v) is 8.25. The lowest BCUT2D eigenvalue weighted by molar-refractivity contribution is -0.111. The van der Waals surface area contributed by atoms with E-state index in [1.807, 2.05) is 25.1 Å². The largest absolute Gasteiger partial charge is 0.496 e. The van der Waals surface area contributed by atoms with Gasteiger partial charge < -0.3 is 10.1 Å². The Kier molecular flexibility index (Phi) is 6.54. The molecule has 30 heavy (non-hydrogen) atoms. The van der Waals surface area contributed by atoms with E-state index in [1.165, 1.54) is 18.2 Å². The molecular weight excluding hydrogens is 400 g/mol. The van der Waals surface area contributed by atoms with Gasteiger partial charge in [-0.15, -0.1) is 0 Å². The van der Waals surface area contributed by atoms with Crippen LogP contribution in [0.2, 0.25) is 0 Å². The van der Waals surface area contributed by atoms with Crippen molar-refractivity contribution in [3.8, 4) is 5.75 Å². The molecule has 0 aliphatic rings. The van der Waals surface area contributed by atoms with Crippen molar-refractivity contribution in [2.75, 3.05) is 17.1 Å². The van der Waals surface area contributed by atoms with E-state index < -0.39 is 10.0 Å². The lowest BCUT2D eigenvalue weighted by Crippen LogP contribution is -2.13. The molecule has 0 saturated carbocycles. The molecule has 0 radical (unpaired) electrons. The van der Waals surface area contributed by atoms with Gasteiger partial charge in [0.1, 0.15) is 5.75 Å². The molecule has 0 aliphatic carbocycles. The first-order valence-electron chi connectivity index (χ1n) is 9.19. The Morgan fingerprint density at radius 1 is 0.933 bits per heavy atom. The molecule has 6 nitrogen and oxygen atoms in total. The third-order valence-electron chi connectivity index (χ3n) is 4.26. The fraction of sp³-hybridized carbons (Fsp3) is 0.0870. The summed E-state index contributed by atoms with van der Waals surface area (Å²) in [6.45, 7) is 1.96. The summed E-state index contributed by atoms with van der Waals surface area (Å²) in [7, 11) is -2.13. The third kappa shape index (κ3) is 5.48. The van der Waals surface area contributed by atoms with Gasteiger partial charge in [0, 0.05) is 23.0 Å². The van der Waals surface area contributed by atoms with Crippen LogP contribution in [0.4, 0.5) is 11.4 Å². The summed E-state index contributed by atoms with van der Waals surface area (Å²) in [5, 5.41) is 2.71.